The van der Waals surface area contributed by atoms with E-state index in [1.54, 1.807) is 6.92 Å². The van der Waals surface area contributed by atoms with Crippen molar-refractivity contribution in [1.82, 2.24) is 5.32 Å². The highest BCUT2D eigenvalue weighted by Gasteiger charge is 2.35. The number of carboxylic acid groups (broad SMARTS) is 1. The van der Waals surface area contributed by atoms with Crippen LogP contribution >= 0.6 is 0 Å². The van der Waals surface area contributed by atoms with Gasteiger partial charge in [0.25, 0.3) is 5.91 Å². The quantitative estimate of drug-likeness (QED) is 0.846. The van der Waals surface area contributed by atoms with E-state index >= 15 is 0 Å². The minimum absolute atomic E-state index is 0.172. The summed E-state index contributed by atoms with van der Waals surface area (Å²) in [6, 6.07) is 3.68. The van der Waals surface area contributed by atoms with E-state index in [0.717, 1.165) is 6.07 Å². The minimum Gasteiger partial charge on any atom is -0.479 e. The molecule has 0 radical (unpaired) electrons. The van der Waals surface area contributed by atoms with Gasteiger partial charge in [-0.2, -0.15) is 0 Å². The Bertz CT molecular complexity index is 503. The molecule has 1 unspecified atom stereocenters. The van der Waals surface area contributed by atoms with Gasteiger partial charge in [0.15, 0.2) is 5.54 Å². The zero-order valence-corrected chi connectivity index (χ0v) is 11.0. The lowest BCUT2D eigenvalue weighted by molar-refractivity contribution is -0.145. The number of hydrogen-bond donors (Lipinski definition) is 2. The number of carbonyl (C=O) groups excluding carboxylic acids is 1. The fourth-order valence-electron chi connectivity index (χ4n) is 1.64. The van der Waals surface area contributed by atoms with Crippen LogP contribution in [0.5, 0.6) is 0 Å². The number of carbonyl (C=O) groups is 2. The minimum atomic E-state index is -1.54. The van der Waals surface area contributed by atoms with Crippen LogP contribution in [-0.4, -0.2) is 36.2 Å². The molecule has 1 amide bonds. The molecule has 1 atom stereocenters. The Morgan fingerprint density at radius 1 is 1.47 bits per heavy atom. The number of aliphatic carboxylic acids is 1. The van der Waals surface area contributed by atoms with Crippen LogP contribution in [0.2, 0.25) is 0 Å². The lowest BCUT2D eigenvalue weighted by atomic mass is 10.0. The number of nitrogens with one attached hydrogen (secondary N) is 1. The van der Waals surface area contributed by atoms with Gasteiger partial charge in [0.05, 0.1) is 6.61 Å². The largest absolute Gasteiger partial charge is 0.479 e. The van der Waals surface area contributed by atoms with Crippen molar-refractivity contribution >= 4 is 11.9 Å². The summed E-state index contributed by atoms with van der Waals surface area (Å²) in [5, 5.41) is 11.5. The molecule has 0 spiro atoms. The van der Waals surface area contributed by atoms with Crippen LogP contribution in [0.3, 0.4) is 0 Å². The molecule has 19 heavy (non-hydrogen) atoms. The van der Waals surface area contributed by atoms with Crippen LogP contribution in [-0.2, 0) is 9.53 Å². The lowest BCUT2D eigenvalue weighted by Gasteiger charge is -2.25. The summed E-state index contributed by atoms with van der Waals surface area (Å²) in [5.41, 5.74) is -0.875. The van der Waals surface area contributed by atoms with Crippen molar-refractivity contribution in [3.05, 3.63) is 35.1 Å². The van der Waals surface area contributed by atoms with Crippen LogP contribution < -0.4 is 5.32 Å². The molecule has 0 aliphatic carbocycles. The first kappa shape index (κ1) is 15.1. The van der Waals surface area contributed by atoms with Crippen LogP contribution in [0.4, 0.5) is 4.39 Å². The van der Waals surface area contributed by atoms with Gasteiger partial charge < -0.3 is 15.2 Å². The van der Waals surface area contributed by atoms with Gasteiger partial charge in [-0.15, -0.1) is 0 Å². The summed E-state index contributed by atoms with van der Waals surface area (Å²) in [6.07, 6.45) is 0. The Morgan fingerprint density at radius 3 is 2.58 bits per heavy atom. The molecular formula is C13H16FNO4. The number of methoxy groups -OCH3 is 1. The molecule has 104 valence electrons. The maximum Gasteiger partial charge on any atom is 0.331 e. The van der Waals surface area contributed by atoms with E-state index in [9.17, 15) is 14.0 Å². The highest BCUT2D eigenvalue weighted by atomic mass is 19.1. The van der Waals surface area contributed by atoms with Crippen LogP contribution in [0.25, 0.3) is 0 Å². The van der Waals surface area contributed by atoms with Crippen LogP contribution in [0.1, 0.15) is 22.8 Å². The van der Waals surface area contributed by atoms with E-state index in [4.69, 9.17) is 9.84 Å². The Hall–Kier alpha value is -1.95. The molecule has 0 aromatic heterocycles. The van der Waals surface area contributed by atoms with Crippen LogP contribution in [0, 0.1) is 12.7 Å². The van der Waals surface area contributed by atoms with Crippen molar-refractivity contribution in [2.45, 2.75) is 19.4 Å². The van der Waals surface area contributed by atoms with E-state index in [0.29, 0.717) is 5.56 Å². The van der Waals surface area contributed by atoms with Gasteiger partial charge in [-0.25, -0.2) is 9.18 Å². The summed E-state index contributed by atoms with van der Waals surface area (Å²) in [6.45, 7) is 2.75. The summed E-state index contributed by atoms with van der Waals surface area (Å²) >= 11 is 0. The molecule has 0 heterocycles. The average Bonchev–Trinajstić information content (AvgIpc) is 2.28. The predicted molar refractivity (Wildman–Crippen MR) is 66.5 cm³/mol. The summed E-state index contributed by atoms with van der Waals surface area (Å²) < 4.78 is 17.8. The van der Waals surface area contributed by atoms with Gasteiger partial charge in [-0.1, -0.05) is 0 Å². The third kappa shape index (κ3) is 3.51. The van der Waals surface area contributed by atoms with Gasteiger partial charge in [-0.3, -0.25) is 4.79 Å². The number of amides is 1. The number of halogens is 1. The summed E-state index contributed by atoms with van der Waals surface area (Å²) in [4.78, 5) is 23.2. The second-order valence-electron chi connectivity index (χ2n) is 4.48. The number of ether oxygens (including phenoxy) is 1. The van der Waals surface area contributed by atoms with E-state index in [-0.39, 0.29) is 12.2 Å². The molecule has 2 N–H and O–H groups in total. The summed E-state index contributed by atoms with van der Waals surface area (Å²) in [5.74, 6) is -2.24. The predicted octanol–water partition coefficient (Wildman–Crippen LogP) is 1.35. The zero-order chi connectivity index (χ0) is 14.6. The molecule has 0 aliphatic rings. The Kier molecular flexibility index (Phi) is 4.61. The molecule has 0 aliphatic heterocycles. The second-order valence-corrected chi connectivity index (χ2v) is 4.48. The first-order chi connectivity index (χ1) is 8.80. The lowest BCUT2D eigenvalue weighted by Crippen LogP contribution is -2.55. The Labute approximate surface area is 110 Å². The maximum absolute atomic E-state index is 13.0. The molecule has 6 heteroatoms. The Balaban J connectivity index is 2.97. The van der Waals surface area contributed by atoms with Crippen LogP contribution in [0.15, 0.2) is 18.2 Å². The molecule has 1 aromatic carbocycles. The fraction of sp³-hybridized carbons (Fsp3) is 0.385. The van der Waals surface area contributed by atoms with Gasteiger partial charge in [0, 0.05) is 12.7 Å². The maximum atomic E-state index is 13.0. The van der Waals surface area contributed by atoms with Crippen molar-refractivity contribution in [3.8, 4) is 0 Å². The normalized spacial score (nSPS) is 13.7. The topological polar surface area (TPSA) is 75.6 Å². The highest BCUT2D eigenvalue weighted by molar-refractivity contribution is 5.98. The number of rotatable bonds is 5. The van der Waals surface area contributed by atoms with E-state index in [1.807, 2.05) is 0 Å². The van der Waals surface area contributed by atoms with Crippen molar-refractivity contribution in [2.75, 3.05) is 13.7 Å². The van der Waals surface area contributed by atoms with Gasteiger partial charge >= 0.3 is 5.97 Å². The molecular weight excluding hydrogens is 253 g/mol. The second kappa shape index (κ2) is 5.79. The Morgan fingerprint density at radius 2 is 2.11 bits per heavy atom. The number of carboxylic acids is 1. The SMILES string of the molecule is COCC(C)(NC(=O)c1ccc(F)cc1C)C(=O)O. The highest BCUT2D eigenvalue weighted by Crippen LogP contribution is 2.13. The molecule has 0 fully saturated rings. The van der Waals surface area contributed by atoms with E-state index in [2.05, 4.69) is 5.32 Å². The third-order valence-corrected chi connectivity index (χ3v) is 2.73. The molecule has 0 bridgehead atoms. The number of aryl methyl sites for hydroxylation is 1. The first-order valence-electron chi connectivity index (χ1n) is 5.61. The fourth-order valence-corrected chi connectivity index (χ4v) is 1.64. The molecule has 0 saturated heterocycles. The van der Waals surface area contributed by atoms with Crippen molar-refractivity contribution in [2.24, 2.45) is 0 Å². The van der Waals surface area contributed by atoms with Crippen molar-refractivity contribution in [3.63, 3.8) is 0 Å². The number of hydrogen-bond acceptors (Lipinski definition) is 3. The monoisotopic (exact) mass is 269 g/mol. The first-order valence-corrected chi connectivity index (χ1v) is 5.61. The molecule has 1 rings (SSSR count). The smallest absolute Gasteiger partial charge is 0.331 e. The van der Waals surface area contributed by atoms with Crippen molar-refractivity contribution < 1.29 is 23.8 Å². The standard InChI is InChI=1S/C13H16FNO4/c1-8-6-9(14)4-5-10(8)11(16)15-13(2,7-19-3)12(17)18/h4-6H,7H2,1-3H3,(H,15,16)(H,17,18). The van der Waals surface area contributed by atoms with Gasteiger partial charge in [0.2, 0.25) is 0 Å². The van der Waals surface area contributed by atoms with Gasteiger partial charge in [-0.05, 0) is 37.6 Å². The summed E-state index contributed by atoms with van der Waals surface area (Å²) in [7, 11) is 1.34. The van der Waals surface area contributed by atoms with Crippen molar-refractivity contribution in [1.29, 1.82) is 0 Å². The van der Waals surface area contributed by atoms with E-state index < -0.39 is 23.2 Å². The third-order valence-electron chi connectivity index (χ3n) is 2.73. The zero-order valence-electron chi connectivity index (χ0n) is 11.0. The van der Waals surface area contributed by atoms with Gasteiger partial charge in [0.1, 0.15) is 5.82 Å². The number of benzene rings is 1. The average molecular weight is 269 g/mol. The molecule has 0 saturated carbocycles. The van der Waals surface area contributed by atoms with E-state index in [1.165, 1.54) is 26.2 Å². The molecule has 1 aromatic rings. The molecule has 5 nitrogen and oxygen atoms in total.